The number of nitrogens with zero attached hydrogens (tertiary/aromatic N) is 1. The Morgan fingerprint density at radius 3 is 2.41 bits per heavy atom. The molecule has 0 unspecified atom stereocenters. The highest BCUT2D eigenvalue weighted by Crippen LogP contribution is 2.54. The molecule has 29 heavy (non-hydrogen) atoms. The minimum absolute atomic E-state index is 0.406. The summed E-state index contributed by atoms with van der Waals surface area (Å²) in [6.07, 6.45) is 1.04. The first-order valence-corrected chi connectivity index (χ1v) is 9.80. The van der Waals surface area contributed by atoms with Gasteiger partial charge in [0.15, 0.2) is 5.60 Å². The molecule has 8 nitrogen and oxygen atoms in total. The first-order valence-electron chi connectivity index (χ1n) is 9.01. The normalized spacial score (nSPS) is 29.6. The second kappa shape index (κ2) is 6.77. The first kappa shape index (κ1) is 19.8. The van der Waals surface area contributed by atoms with Crippen LogP contribution >= 0.6 is 15.9 Å². The molecule has 3 aliphatic heterocycles. The van der Waals surface area contributed by atoms with Crippen molar-refractivity contribution >= 4 is 45.4 Å². The Morgan fingerprint density at radius 2 is 1.83 bits per heavy atom. The number of hydrogen-bond acceptors (Lipinski definition) is 7. The molecule has 2 amide bonds. The van der Waals surface area contributed by atoms with Gasteiger partial charge in [0.2, 0.25) is 11.8 Å². The van der Waals surface area contributed by atoms with Crippen molar-refractivity contribution in [2.24, 2.45) is 11.8 Å². The topological polar surface area (TPSA) is 99.2 Å². The van der Waals surface area contributed by atoms with Crippen molar-refractivity contribution in [3.05, 3.63) is 40.4 Å². The molecule has 0 saturated carbocycles. The molecule has 0 aliphatic carbocycles. The maximum absolute atomic E-state index is 13.4. The molecule has 0 aromatic heterocycles. The number of imide groups is 1. The Morgan fingerprint density at radius 1 is 1.17 bits per heavy atom. The molecule has 1 aromatic rings. The molecule has 3 heterocycles. The number of amides is 2. The van der Waals surface area contributed by atoms with Gasteiger partial charge in [-0.05, 0) is 30.7 Å². The van der Waals surface area contributed by atoms with E-state index in [1.165, 1.54) is 0 Å². The van der Waals surface area contributed by atoms with Crippen LogP contribution in [0, 0.1) is 18.8 Å². The number of rotatable bonds is 4. The predicted octanol–water partition coefficient (Wildman–Crippen LogP) is 2.02. The number of esters is 2. The van der Waals surface area contributed by atoms with Crippen molar-refractivity contribution < 1.29 is 33.4 Å². The van der Waals surface area contributed by atoms with Gasteiger partial charge in [-0.15, -0.1) is 0 Å². The van der Waals surface area contributed by atoms with Gasteiger partial charge in [-0.25, -0.2) is 4.90 Å². The summed E-state index contributed by atoms with van der Waals surface area (Å²) >= 11 is 3.42. The molecule has 0 radical (unpaired) electrons. The molecule has 9 heteroatoms. The van der Waals surface area contributed by atoms with E-state index in [9.17, 15) is 19.2 Å². The second-order valence-corrected chi connectivity index (χ2v) is 8.15. The van der Waals surface area contributed by atoms with Crippen LogP contribution in [0.3, 0.4) is 0 Å². The summed E-state index contributed by atoms with van der Waals surface area (Å²) in [5, 5.41) is 0. The van der Waals surface area contributed by atoms with Gasteiger partial charge < -0.3 is 14.2 Å². The van der Waals surface area contributed by atoms with E-state index in [-0.39, 0.29) is 0 Å². The molecule has 4 atom stereocenters. The third-order valence-corrected chi connectivity index (χ3v) is 6.26. The fraction of sp³-hybridized carbons (Fsp3) is 0.400. The van der Waals surface area contributed by atoms with Crippen molar-refractivity contribution in [1.29, 1.82) is 0 Å². The van der Waals surface area contributed by atoms with Gasteiger partial charge in [0, 0.05) is 18.3 Å². The molecule has 1 aromatic carbocycles. The predicted molar refractivity (Wildman–Crippen MR) is 102 cm³/mol. The molecule has 2 bridgehead atoms. The number of carbonyl (C=O) groups excluding carboxylic acids is 4. The molecule has 3 aliphatic rings. The zero-order valence-corrected chi connectivity index (χ0v) is 17.5. The Hall–Kier alpha value is -2.52. The lowest BCUT2D eigenvalue weighted by Gasteiger charge is -2.34. The zero-order valence-electron chi connectivity index (χ0n) is 15.9. The fourth-order valence-corrected chi connectivity index (χ4v) is 4.56. The summed E-state index contributed by atoms with van der Waals surface area (Å²) in [6, 6.07) is 5.19. The van der Waals surface area contributed by atoms with E-state index < -0.39 is 53.6 Å². The van der Waals surface area contributed by atoms with Crippen LogP contribution in [0.5, 0.6) is 0 Å². The van der Waals surface area contributed by atoms with E-state index in [4.69, 9.17) is 14.2 Å². The Kier molecular flexibility index (Phi) is 4.62. The van der Waals surface area contributed by atoms with Crippen molar-refractivity contribution in [2.75, 3.05) is 4.90 Å². The summed E-state index contributed by atoms with van der Waals surface area (Å²) in [5.41, 5.74) is -0.159. The number of halogens is 1. The van der Waals surface area contributed by atoms with Crippen LogP contribution in [0.2, 0.25) is 0 Å². The van der Waals surface area contributed by atoms with Crippen LogP contribution in [0.1, 0.15) is 19.4 Å². The van der Waals surface area contributed by atoms with Crippen LogP contribution in [-0.4, -0.2) is 41.7 Å². The minimum Gasteiger partial charge on any atom is -0.422 e. The molecule has 2 fully saturated rings. The van der Waals surface area contributed by atoms with Gasteiger partial charge in [-0.1, -0.05) is 28.1 Å². The maximum atomic E-state index is 13.4. The summed E-state index contributed by atoms with van der Waals surface area (Å²) in [6.45, 7) is 4.22. The van der Waals surface area contributed by atoms with Crippen LogP contribution in [-0.2, 0) is 33.4 Å². The van der Waals surface area contributed by atoms with Gasteiger partial charge in [-0.3, -0.25) is 19.2 Å². The van der Waals surface area contributed by atoms with E-state index >= 15 is 0 Å². The summed E-state index contributed by atoms with van der Waals surface area (Å²) < 4.78 is 17.0. The Balaban J connectivity index is 1.75. The highest BCUT2D eigenvalue weighted by Gasteiger charge is 2.72. The minimum atomic E-state index is -1.55. The second-order valence-electron chi connectivity index (χ2n) is 7.29. The third kappa shape index (κ3) is 2.91. The molecule has 152 valence electrons. The molecular weight excluding hydrogens is 446 g/mol. The van der Waals surface area contributed by atoms with Crippen molar-refractivity contribution in [3.63, 3.8) is 0 Å². The average molecular weight is 464 g/mol. The van der Waals surface area contributed by atoms with E-state index in [0.29, 0.717) is 5.69 Å². The lowest BCUT2D eigenvalue weighted by molar-refractivity contribution is -0.226. The van der Waals surface area contributed by atoms with Gasteiger partial charge in [0.05, 0.1) is 23.6 Å². The zero-order chi connectivity index (χ0) is 21.1. The molecule has 0 N–H and O–H groups in total. The van der Waals surface area contributed by atoms with Gasteiger partial charge in [0.25, 0.3) is 6.29 Å². The van der Waals surface area contributed by atoms with Crippen LogP contribution in [0.4, 0.5) is 5.69 Å². The first-order chi connectivity index (χ1) is 13.7. The van der Waals surface area contributed by atoms with Crippen molar-refractivity contribution in [2.45, 2.75) is 38.8 Å². The van der Waals surface area contributed by atoms with Gasteiger partial charge in [0.1, 0.15) is 0 Å². The number of anilines is 1. The number of aryl methyl sites for hydroxylation is 1. The molecule has 4 rings (SSSR count). The van der Waals surface area contributed by atoms with Crippen molar-refractivity contribution in [3.8, 4) is 0 Å². The highest BCUT2D eigenvalue weighted by molar-refractivity contribution is 9.10. The molecular formula is C20H18BrNO7. The number of carbonyl (C=O) groups is 4. The lowest BCUT2D eigenvalue weighted by atomic mass is 9.76. The number of fused-ring (bicyclic) bond motifs is 5. The molecule has 0 spiro atoms. The van der Waals surface area contributed by atoms with Crippen molar-refractivity contribution in [1.82, 2.24) is 0 Å². The van der Waals surface area contributed by atoms with Crippen LogP contribution < -0.4 is 4.90 Å². The van der Waals surface area contributed by atoms with Gasteiger partial charge in [-0.2, -0.15) is 0 Å². The standard InChI is InChI=1S/C20H18BrNO7/c1-9-4-5-12(8-13(9)21)22-17(25)15-14-6-7-20(29-14,16(15)18(22)26)19(27-10(2)23)28-11(3)24/h4-8,14-16,19H,1-3H3/t14-,15-,16+,20-/m0/s1. The number of hydrogen-bond donors (Lipinski definition) is 0. The Bertz CT molecular complexity index is 958. The lowest BCUT2D eigenvalue weighted by Crippen LogP contribution is -2.52. The SMILES string of the molecule is CC(=O)OC(OC(C)=O)[C@@]12C=C[C@H](O1)[C@@H]1C(=O)N(c3ccc(C)c(Br)c3)C(=O)[C@@H]12. The number of ether oxygens (including phenoxy) is 3. The van der Waals surface area contributed by atoms with Crippen LogP contribution in [0.15, 0.2) is 34.8 Å². The molecule has 2 saturated heterocycles. The van der Waals surface area contributed by atoms with Crippen LogP contribution in [0.25, 0.3) is 0 Å². The van der Waals surface area contributed by atoms with E-state index in [2.05, 4.69) is 15.9 Å². The van der Waals surface area contributed by atoms with E-state index in [0.717, 1.165) is 28.8 Å². The highest BCUT2D eigenvalue weighted by atomic mass is 79.9. The van der Waals surface area contributed by atoms with Gasteiger partial charge >= 0.3 is 11.9 Å². The van der Waals surface area contributed by atoms with E-state index in [1.807, 2.05) is 6.92 Å². The summed E-state index contributed by atoms with van der Waals surface area (Å²) in [5.74, 6) is -4.07. The maximum Gasteiger partial charge on any atom is 0.305 e. The Labute approximate surface area is 174 Å². The number of benzene rings is 1. The smallest absolute Gasteiger partial charge is 0.305 e. The fourth-order valence-electron chi connectivity index (χ4n) is 4.19. The summed E-state index contributed by atoms with van der Waals surface area (Å²) in [7, 11) is 0. The van der Waals surface area contributed by atoms with E-state index in [1.54, 1.807) is 30.4 Å². The third-order valence-electron chi connectivity index (χ3n) is 5.41. The monoisotopic (exact) mass is 463 g/mol. The summed E-state index contributed by atoms with van der Waals surface area (Å²) in [4.78, 5) is 50.8. The quantitative estimate of drug-likeness (QED) is 0.291. The average Bonchev–Trinajstić information content (AvgIpc) is 3.28. The largest absolute Gasteiger partial charge is 0.422 e.